The number of rotatable bonds is 4. The van der Waals surface area contributed by atoms with Gasteiger partial charge in [0.05, 0.1) is 9.13 Å². The Morgan fingerprint density at radius 3 is 2.56 bits per heavy atom. The summed E-state index contributed by atoms with van der Waals surface area (Å²) >= 11 is 1.89. The number of benzene rings is 1. The van der Waals surface area contributed by atoms with Gasteiger partial charge in [-0.05, 0) is 53.6 Å². The summed E-state index contributed by atoms with van der Waals surface area (Å²) in [5.41, 5.74) is 1.14. The number of alkyl halides is 2. The molecule has 0 saturated carbocycles. The minimum absolute atomic E-state index is 0.0275. The van der Waals surface area contributed by atoms with Crippen LogP contribution in [0.5, 0.6) is 5.75 Å². The van der Waals surface area contributed by atoms with Crippen molar-refractivity contribution in [3.8, 4) is 5.75 Å². The lowest BCUT2D eigenvalue weighted by Crippen LogP contribution is -2.09. The molecule has 16 heavy (non-hydrogen) atoms. The van der Waals surface area contributed by atoms with E-state index in [-0.39, 0.29) is 17.1 Å². The fourth-order valence-corrected chi connectivity index (χ4v) is 2.14. The minimum atomic E-state index is -2.92. The van der Waals surface area contributed by atoms with Crippen LogP contribution >= 0.6 is 22.6 Å². The van der Waals surface area contributed by atoms with Crippen molar-refractivity contribution in [3.63, 3.8) is 0 Å². The van der Waals surface area contributed by atoms with Crippen molar-refractivity contribution in [1.29, 1.82) is 0 Å². The molecule has 0 spiro atoms. The van der Waals surface area contributed by atoms with Crippen molar-refractivity contribution >= 4 is 28.4 Å². The molecular weight excluding hydrogens is 329 g/mol. The maximum Gasteiger partial charge on any atom is 0.387 e. The van der Waals surface area contributed by atoms with Crippen molar-refractivity contribution in [1.82, 2.24) is 0 Å². The second-order valence-corrected chi connectivity index (χ2v) is 4.40. The standard InChI is InChI=1S/C11H11F2IO2/c1-3-7-4-8(6(2)15)10(9(14)5-7)16-11(12)13/h4-5,11H,3H2,1-2H3. The molecule has 5 heteroatoms. The lowest BCUT2D eigenvalue weighted by atomic mass is 10.1. The second-order valence-electron chi connectivity index (χ2n) is 3.24. The molecule has 0 atom stereocenters. The predicted octanol–water partition coefficient (Wildman–Crippen LogP) is 3.66. The van der Waals surface area contributed by atoms with E-state index >= 15 is 0 Å². The van der Waals surface area contributed by atoms with Crippen LogP contribution in [0.15, 0.2) is 12.1 Å². The average Bonchev–Trinajstić information content (AvgIpc) is 2.19. The number of hydrogen-bond donors (Lipinski definition) is 0. The van der Waals surface area contributed by atoms with E-state index < -0.39 is 6.61 Å². The van der Waals surface area contributed by atoms with Crippen LogP contribution in [0.25, 0.3) is 0 Å². The molecule has 0 amide bonds. The first kappa shape index (κ1) is 13.3. The van der Waals surface area contributed by atoms with Crippen molar-refractivity contribution in [2.75, 3.05) is 0 Å². The highest BCUT2D eigenvalue weighted by Crippen LogP contribution is 2.29. The fourth-order valence-electron chi connectivity index (χ4n) is 1.32. The maximum atomic E-state index is 12.2. The number of ether oxygens (including phenoxy) is 1. The first-order valence-corrected chi connectivity index (χ1v) is 5.81. The van der Waals surface area contributed by atoms with E-state index in [4.69, 9.17) is 0 Å². The lowest BCUT2D eigenvalue weighted by molar-refractivity contribution is -0.0507. The smallest absolute Gasteiger partial charge is 0.387 e. The predicted molar refractivity (Wildman–Crippen MR) is 65.2 cm³/mol. The van der Waals surface area contributed by atoms with Crippen molar-refractivity contribution in [2.45, 2.75) is 26.9 Å². The number of ketones is 1. The number of halogens is 3. The van der Waals surface area contributed by atoms with Crippen LogP contribution in [0.1, 0.15) is 29.8 Å². The number of carbonyl (C=O) groups excluding carboxylic acids is 1. The van der Waals surface area contributed by atoms with Gasteiger partial charge in [-0.1, -0.05) is 6.92 Å². The molecule has 0 aliphatic rings. The summed E-state index contributed by atoms with van der Waals surface area (Å²) < 4.78 is 29.3. The van der Waals surface area contributed by atoms with Crippen molar-refractivity contribution < 1.29 is 18.3 Å². The van der Waals surface area contributed by atoms with Gasteiger partial charge in [0.2, 0.25) is 0 Å². The normalized spacial score (nSPS) is 10.6. The van der Waals surface area contributed by atoms with E-state index in [0.717, 1.165) is 12.0 Å². The van der Waals surface area contributed by atoms with Crippen LogP contribution in [-0.2, 0) is 6.42 Å². The van der Waals surface area contributed by atoms with Crippen molar-refractivity contribution in [2.24, 2.45) is 0 Å². The molecule has 1 rings (SSSR count). The molecule has 0 aliphatic heterocycles. The highest BCUT2D eigenvalue weighted by molar-refractivity contribution is 14.1. The average molecular weight is 340 g/mol. The number of Topliss-reactive ketones (excluding diaryl/α,β-unsaturated/α-hetero) is 1. The molecule has 0 heterocycles. The zero-order valence-electron chi connectivity index (χ0n) is 8.89. The molecule has 88 valence electrons. The largest absolute Gasteiger partial charge is 0.433 e. The summed E-state index contributed by atoms with van der Waals surface area (Å²) in [7, 11) is 0. The number of aryl methyl sites for hydroxylation is 1. The molecule has 0 aromatic heterocycles. The molecule has 0 radical (unpaired) electrons. The molecule has 0 aliphatic carbocycles. The zero-order chi connectivity index (χ0) is 12.3. The molecule has 0 unspecified atom stereocenters. The Kier molecular flexibility index (Phi) is 4.64. The van der Waals surface area contributed by atoms with Crippen LogP contribution in [-0.4, -0.2) is 12.4 Å². The van der Waals surface area contributed by atoms with E-state index in [1.807, 2.05) is 29.5 Å². The van der Waals surface area contributed by atoms with Gasteiger partial charge in [-0.2, -0.15) is 8.78 Å². The SMILES string of the molecule is CCc1cc(I)c(OC(F)F)c(C(C)=O)c1. The first-order valence-electron chi connectivity index (χ1n) is 4.73. The summed E-state index contributed by atoms with van der Waals surface area (Å²) in [5, 5.41) is 0. The first-order chi connectivity index (χ1) is 7.45. The monoisotopic (exact) mass is 340 g/mol. The van der Waals surface area contributed by atoms with Crippen LogP contribution in [0.3, 0.4) is 0 Å². The Bertz CT molecular complexity index is 405. The Hall–Kier alpha value is -0.720. The van der Waals surface area contributed by atoms with Crippen LogP contribution in [0, 0.1) is 3.57 Å². The third kappa shape index (κ3) is 3.13. The highest BCUT2D eigenvalue weighted by Gasteiger charge is 2.17. The van der Waals surface area contributed by atoms with Gasteiger partial charge in [0.15, 0.2) is 5.78 Å². The van der Waals surface area contributed by atoms with Crippen LogP contribution < -0.4 is 4.74 Å². The van der Waals surface area contributed by atoms with Crippen molar-refractivity contribution in [3.05, 3.63) is 26.8 Å². The maximum absolute atomic E-state index is 12.2. The van der Waals surface area contributed by atoms with Gasteiger partial charge in [-0.15, -0.1) is 0 Å². The van der Waals surface area contributed by atoms with E-state index in [2.05, 4.69) is 4.74 Å². The summed E-state index contributed by atoms with van der Waals surface area (Å²) in [4.78, 5) is 11.3. The molecule has 0 N–H and O–H groups in total. The molecule has 1 aromatic rings. The van der Waals surface area contributed by atoms with Gasteiger partial charge in [0.25, 0.3) is 0 Å². The van der Waals surface area contributed by atoms with Gasteiger partial charge in [0.1, 0.15) is 5.75 Å². The highest BCUT2D eigenvalue weighted by atomic mass is 127. The molecular formula is C11H11F2IO2. The number of carbonyl (C=O) groups is 1. The Labute approximate surface area is 106 Å². The third-order valence-electron chi connectivity index (χ3n) is 2.10. The lowest BCUT2D eigenvalue weighted by Gasteiger charge is -2.12. The summed E-state index contributed by atoms with van der Waals surface area (Å²) in [6.45, 7) is 0.352. The van der Waals surface area contributed by atoms with Crippen LogP contribution in [0.2, 0.25) is 0 Å². The second kappa shape index (κ2) is 5.56. The quantitative estimate of drug-likeness (QED) is 0.618. The van der Waals surface area contributed by atoms with Gasteiger partial charge in [-0.3, -0.25) is 4.79 Å². The topological polar surface area (TPSA) is 26.3 Å². The summed E-state index contributed by atoms with van der Waals surface area (Å²) in [6, 6.07) is 3.34. The number of hydrogen-bond acceptors (Lipinski definition) is 2. The Balaban J connectivity index is 3.28. The van der Waals surface area contributed by atoms with Gasteiger partial charge in [-0.25, -0.2) is 0 Å². The third-order valence-corrected chi connectivity index (χ3v) is 2.90. The summed E-state index contributed by atoms with van der Waals surface area (Å²) in [6.07, 6.45) is 0.741. The Morgan fingerprint density at radius 2 is 2.12 bits per heavy atom. The summed E-state index contributed by atoms with van der Waals surface area (Å²) in [5.74, 6) is -0.302. The van der Waals surface area contributed by atoms with E-state index in [0.29, 0.717) is 3.57 Å². The van der Waals surface area contributed by atoms with E-state index in [1.165, 1.54) is 6.92 Å². The van der Waals surface area contributed by atoms with Crippen LogP contribution in [0.4, 0.5) is 8.78 Å². The zero-order valence-corrected chi connectivity index (χ0v) is 11.0. The Morgan fingerprint density at radius 1 is 1.50 bits per heavy atom. The van der Waals surface area contributed by atoms with E-state index in [1.54, 1.807) is 12.1 Å². The molecule has 0 saturated heterocycles. The van der Waals surface area contributed by atoms with Gasteiger partial charge in [0, 0.05) is 0 Å². The fraction of sp³-hybridized carbons (Fsp3) is 0.364. The van der Waals surface area contributed by atoms with E-state index in [9.17, 15) is 13.6 Å². The van der Waals surface area contributed by atoms with Gasteiger partial charge >= 0.3 is 6.61 Å². The molecule has 0 fully saturated rings. The van der Waals surface area contributed by atoms with Gasteiger partial charge < -0.3 is 4.74 Å². The molecule has 1 aromatic carbocycles. The minimum Gasteiger partial charge on any atom is -0.433 e. The molecule has 2 nitrogen and oxygen atoms in total. The molecule has 0 bridgehead atoms.